The Bertz CT molecular complexity index is 719. The van der Waals surface area contributed by atoms with Crippen molar-refractivity contribution in [2.45, 2.75) is 19.4 Å². The van der Waals surface area contributed by atoms with E-state index in [1.807, 2.05) is 42.6 Å². The summed E-state index contributed by atoms with van der Waals surface area (Å²) in [7, 11) is 0. The smallest absolute Gasteiger partial charge is 0.315 e. The van der Waals surface area contributed by atoms with Gasteiger partial charge in [0, 0.05) is 23.7 Å². The molecular weight excluding hydrogens is 298 g/mol. The highest BCUT2D eigenvalue weighted by molar-refractivity contribution is 7.07. The van der Waals surface area contributed by atoms with E-state index >= 15 is 0 Å². The summed E-state index contributed by atoms with van der Waals surface area (Å²) in [5.74, 6) is 0.746. The molecule has 1 atom stereocenters. The van der Waals surface area contributed by atoms with Gasteiger partial charge in [-0.05, 0) is 19.1 Å². The predicted octanol–water partition coefficient (Wildman–Crippen LogP) is 3.49. The van der Waals surface area contributed by atoms with Crippen LogP contribution in [-0.4, -0.2) is 17.6 Å². The maximum Gasteiger partial charge on any atom is 0.315 e. The van der Waals surface area contributed by atoms with E-state index in [1.54, 1.807) is 16.8 Å². The van der Waals surface area contributed by atoms with Crippen molar-refractivity contribution in [2.24, 2.45) is 0 Å². The monoisotopic (exact) mass is 315 g/mol. The first-order chi connectivity index (χ1) is 10.7. The standard InChI is InChI=1S/C16H17N3O2S/c1-11(15-8-12-4-2-3-5-14(12)21-15)19-16(20)17-7-6-13-9-22-10-18-13/h2-5,8-11H,6-7H2,1H3,(H2,17,19,20)/t11-/m0/s1. The number of benzene rings is 1. The minimum Gasteiger partial charge on any atom is -0.459 e. The van der Waals surface area contributed by atoms with Crippen molar-refractivity contribution in [2.75, 3.05) is 6.54 Å². The maximum absolute atomic E-state index is 11.9. The van der Waals surface area contributed by atoms with Gasteiger partial charge in [0.2, 0.25) is 0 Å². The van der Waals surface area contributed by atoms with Gasteiger partial charge in [0.25, 0.3) is 0 Å². The van der Waals surface area contributed by atoms with E-state index < -0.39 is 0 Å². The lowest BCUT2D eigenvalue weighted by Crippen LogP contribution is -2.37. The van der Waals surface area contributed by atoms with Crippen molar-refractivity contribution in [1.82, 2.24) is 15.6 Å². The van der Waals surface area contributed by atoms with E-state index in [9.17, 15) is 4.79 Å². The van der Waals surface area contributed by atoms with Gasteiger partial charge in [-0.1, -0.05) is 18.2 Å². The first kappa shape index (κ1) is 14.6. The predicted molar refractivity (Wildman–Crippen MR) is 87.0 cm³/mol. The lowest BCUT2D eigenvalue weighted by atomic mass is 10.2. The van der Waals surface area contributed by atoms with E-state index in [4.69, 9.17) is 4.42 Å². The number of para-hydroxylation sites is 1. The molecule has 0 spiro atoms. The van der Waals surface area contributed by atoms with Gasteiger partial charge in [-0.15, -0.1) is 11.3 Å². The Kier molecular flexibility index (Phi) is 4.39. The zero-order chi connectivity index (χ0) is 15.4. The fourth-order valence-electron chi connectivity index (χ4n) is 2.20. The molecule has 2 heterocycles. The second-order valence-corrected chi connectivity index (χ2v) is 5.76. The van der Waals surface area contributed by atoms with Crippen LogP contribution in [0.15, 0.2) is 45.6 Å². The number of aromatic nitrogens is 1. The molecule has 0 saturated heterocycles. The third-order valence-electron chi connectivity index (χ3n) is 3.37. The maximum atomic E-state index is 11.9. The van der Waals surface area contributed by atoms with Crippen molar-refractivity contribution < 1.29 is 9.21 Å². The molecule has 0 aliphatic rings. The number of fused-ring (bicyclic) bond motifs is 1. The Hall–Kier alpha value is -2.34. The summed E-state index contributed by atoms with van der Waals surface area (Å²) in [6.45, 7) is 2.46. The van der Waals surface area contributed by atoms with Crippen LogP contribution in [0.3, 0.4) is 0 Å². The van der Waals surface area contributed by atoms with E-state index in [2.05, 4.69) is 15.6 Å². The quantitative estimate of drug-likeness (QED) is 0.757. The van der Waals surface area contributed by atoms with Crippen LogP contribution in [0.2, 0.25) is 0 Å². The van der Waals surface area contributed by atoms with E-state index in [1.165, 1.54) is 0 Å². The van der Waals surface area contributed by atoms with Crippen molar-refractivity contribution in [1.29, 1.82) is 0 Å². The third kappa shape index (κ3) is 3.46. The molecule has 0 saturated carbocycles. The molecule has 0 fully saturated rings. The van der Waals surface area contributed by atoms with Crippen molar-refractivity contribution >= 4 is 28.3 Å². The topological polar surface area (TPSA) is 67.2 Å². The van der Waals surface area contributed by atoms with Gasteiger partial charge >= 0.3 is 6.03 Å². The molecule has 114 valence electrons. The second kappa shape index (κ2) is 6.62. The Morgan fingerprint density at radius 1 is 1.41 bits per heavy atom. The van der Waals surface area contributed by atoms with Gasteiger partial charge in [-0.25, -0.2) is 9.78 Å². The molecule has 1 aromatic carbocycles. The van der Waals surface area contributed by atoms with Crippen LogP contribution >= 0.6 is 11.3 Å². The molecule has 0 radical (unpaired) electrons. The van der Waals surface area contributed by atoms with Gasteiger partial charge in [-0.2, -0.15) is 0 Å². The third-order valence-corrected chi connectivity index (χ3v) is 4.00. The number of nitrogens with zero attached hydrogens (tertiary/aromatic N) is 1. The first-order valence-corrected chi connectivity index (χ1v) is 8.06. The Labute approximate surface area is 132 Å². The van der Waals surface area contributed by atoms with Crippen molar-refractivity contribution in [3.8, 4) is 0 Å². The number of hydrogen-bond acceptors (Lipinski definition) is 4. The summed E-state index contributed by atoms with van der Waals surface area (Å²) in [5, 5.41) is 8.72. The second-order valence-electron chi connectivity index (χ2n) is 5.04. The molecule has 0 aliphatic heterocycles. The summed E-state index contributed by atoms with van der Waals surface area (Å²) < 4.78 is 5.74. The van der Waals surface area contributed by atoms with Crippen LogP contribution in [0.4, 0.5) is 4.79 Å². The zero-order valence-corrected chi connectivity index (χ0v) is 13.0. The highest BCUT2D eigenvalue weighted by Gasteiger charge is 2.13. The van der Waals surface area contributed by atoms with Gasteiger partial charge in [-0.3, -0.25) is 0 Å². The molecule has 3 rings (SSSR count). The van der Waals surface area contributed by atoms with E-state index in [0.29, 0.717) is 6.54 Å². The number of carbonyl (C=O) groups excluding carboxylic acids is 1. The van der Waals surface area contributed by atoms with Crippen LogP contribution in [0.1, 0.15) is 24.4 Å². The molecule has 5 nitrogen and oxygen atoms in total. The minimum absolute atomic E-state index is 0.188. The number of hydrogen-bond donors (Lipinski definition) is 2. The SMILES string of the molecule is C[C@H](NC(=O)NCCc1cscn1)c1cc2ccccc2o1. The first-order valence-electron chi connectivity index (χ1n) is 7.12. The molecule has 0 aliphatic carbocycles. The number of carbonyl (C=O) groups is 1. The Morgan fingerprint density at radius 3 is 3.05 bits per heavy atom. The van der Waals surface area contributed by atoms with Crippen LogP contribution in [0.25, 0.3) is 11.0 Å². The van der Waals surface area contributed by atoms with Crippen LogP contribution < -0.4 is 10.6 Å². The van der Waals surface area contributed by atoms with Gasteiger partial charge in [0.1, 0.15) is 11.3 Å². The van der Waals surface area contributed by atoms with Gasteiger partial charge in [0.15, 0.2) is 0 Å². The summed E-state index contributed by atoms with van der Waals surface area (Å²) >= 11 is 1.56. The lowest BCUT2D eigenvalue weighted by molar-refractivity contribution is 0.236. The summed E-state index contributed by atoms with van der Waals surface area (Å²) in [6.07, 6.45) is 0.732. The van der Waals surface area contributed by atoms with E-state index in [-0.39, 0.29) is 12.1 Å². The number of urea groups is 1. The van der Waals surface area contributed by atoms with Crippen molar-refractivity contribution in [3.05, 3.63) is 52.7 Å². The largest absolute Gasteiger partial charge is 0.459 e. The van der Waals surface area contributed by atoms with Gasteiger partial charge in [0.05, 0.1) is 17.2 Å². The average molecular weight is 315 g/mol. The summed E-state index contributed by atoms with van der Waals surface area (Å²) in [5.41, 5.74) is 3.62. The van der Waals surface area contributed by atoms with Crippen LogP contribution in [0, 0.1) is 0 Å². The van der Waals surface area contributed by atoms with Gasteiger partial charge < -0.3 is 15.1 Å². The molecule has 22 heavy (non-hydrogen) atoms. The molecule has 2 aromatic heterocycles. The molecule has 0 unspecified atom stereocenters. The molecule has 2 amide bonds. The fraction of sp³-hybridized carbons (Fsp3) is 0.250. The zero-order valence-electron chi connectivity index (χ0n) is 12.2. The highest BCUT2D eigenvalue weighted by atomic mass is 32.1. The number of thiazole rings is 1. The molecule has 6 heteroatoms. The van der Waals surface area contributed by atoms with Crippen molar-refractivity contribution in [3.63, 3.8) is 0 Å². The van der Waals surface area contributed by atoms with Crippen LogP contribution in [-0.2, 0) is 6.42 Å². The fourth-order valence-corrected chi connectivity index (χ4v) is 2.79. The number of rotatable bonds is 5. The lowest BCUT2D eigenvalue weighted by Gasteiger charge is -2.12. The number of furan rings is 1. The normalized spacial score (nSPS) is 12.2. The summed E-state index contributed by atoms with van der Waals surface area (Å²) in [4.78, 5) is 16.1. The number of nitrogens with one attached hydrogen (secondary N) is 2. The van der Waals surface area contributed by atoms with Crippen LogP contribution in [0.5, 0.6) is 0 Å². The molecule has 0 bridgehead atoms. The molecule has 2 N–H and O–H groups in total. The Morgan fingerprint density at radius 2 is 2.27 bits per heavy atom. The minimum atomic E-state index is -0.205. The summed E-state index contributed by atoms with van der Waals surface area (Å²) in [6, 6.07) is 9.36. The molecular formula is C16H17N3O2S. The molecule has 3 aromatic rings. The number of amides is 2. The average Bonchev–Trinajstić information content (AvgIpc) is 3.16. The highest BCUT2D eigenvalue weighted by Crippen LogP contribution is 2.23. The Balaban J connectivity index is 1.52. The van der Waals surface area contributed by atoms with E-state index in [0.717, 1.165) is 28.8 Å².